The van der Waals surface area contributed by atoms with E-state index < -0.39 is 0 Å². The highest BCUT2D eigenvalue weighted by Gasteiger charge is 2.28. The number of Topliss-reactive ketones (excluding diaryl/α,β-unsaturated/α-hetero) is 1. The summed E-state index contributed by atoms with van der Waals surface area (Å²) < 4.78 is 5.86. The lowest BCUT2D eigenvalue weighted by atomic mass is 9.96. The summed E-state index contributed by atoms with van der Waals surface area (Å²) in [6, 6.07) is 14.8. The second-order valence-corrected chi connectivity index (χ2v) is 4.66. The monoisotopic (exact) mass is 258 g/mol. The number of carbonyl (C=O) groups excluding carboxylic acids is 1. The fourth-order valence-corrected chi connectivity index (χ4v) is 2.44. The second-order valence-electron chi connectivity index (χ2n) is 4.25. The van der Waals surface area contributed by atoms with Gasteiger partial charge in [0.2, 0.25) is 0 Å². The van der Waals surface area contributed by atoms with E-state index in [1.54, 1.807) is 6.07 Å². The number of ether oxygens (including phenoxy) is 1. The van der Waals surface area contributed by atoms with Gasteiger partial charge in [-0.25, -0.2) is 0 Å². The Bertz CT molecular complexity index is 607. The first kappa shape index (κ1) is 11.3. The lowest BCUT2D eigenvalue weighted by Gasteiger charge is -2.25. The first-order valence-corrected chi connectivity index (χ1v) is 6.17. The normalized spacial score (nSPS) is 18.1. The number of ketones is 1. The smallest absolute Gasteiger partial charge is 0.170 e. The molecule has 0 radical (unpaired) electrons. The van der Waals surface area contributed by atoms with Gasteiger partial charge in [-0.05, 0) is 18.2 Å². The summed E-state index contributed by atoms with van der Waals surface area (Å²) in [6.07, 6.45) is 0.0434. The molecule has 2 aromatic carbocycles. The van der Waals surface area contributed by atoms with Gasteiger partial charge in [0.25, 0.3) is 0 Å². The highest BCUT2D eigenvalue weighted by molar-refractivity contribution is 6.31. The van der Waals surface area contributed by atoms with Gasteiger partial charge < -0.3 is 4.74 Å². The van der Waals surface area contributed by atoms with Crippen LogP contribution in [0.25, 0.3) is 0 Å². The number of rotatable bonds is 1. The van der Waals surface area contributed by atoms with Gasteiger partial charge in [-0.1, -0.05) is 41.9 Å². The molecule has 3 heteroatoms. The molecule has 0 N–H and O–H groups in total. The summed E-state index contributed by atoms with van der Waals surface area (Å²) >= 11 is 6.14. The Morgan fingerprint density at radius 3 is 2.61 bits per heavy atom. The first-order valence-electron chi connectivity index (χ1n) is 5.79. The quantitative estimate of drug-likeness (QED) is 0.771. The predicted octanol–water partition coefficient (Wildman–Crippen LogP) is 4.05. The number of carbonyl (C=O) groups is 1. The average molecular weight is 259 g/mol. The van der Waals surface area contributed by atoms with Crippen molar-refractivity contribution in [3.63, 3.8) is 0 Å². The molecular formula is C15H11ClO2. The molecule has 0 amide bonds. The lowest BCUT2D eigenvalue weighted by molar-refractivity contribution is 0.0850. The highest BCUT2D eigenvalue weighted by atomic mass is 35.5. The Kier molecular flexibility index (Phi) is 2.80. The van der Waals surface area contributed by atoms with E-state index in [9.17, 15) is 4.79 Å². The van der Waals surface area contributed by atoms with Gasteiger partial charge in [-0.15, -0.1) is 0 Å². The molecule has 0 fully saturated rings. The number of hydrogen-bond donors (Lipinski definition) is 0. The molecule has 18 heavy (non-hydrogen) atoms. The van der Waals surface area contributed by atoms with Crippen LogP contribution in [0.4, 0.5) is 0 Å². The van der Waals surface area contributed by atoms with E-state index in [-0.39, 0.29) is 11.9 Å². The molecule has 2 nitrogen and oxygen atoms in total. The lowest BCUT2D eigenvalue weighted by Crippen LogP contribution is -2.20. The van der Waals surface area contributed by atoms with Crippen molar-refractivity contribution in [3.05, 3.63) is 64.7 Å². The molecule has 0 spiro atoms. The molecule has 0 aromatic heterocycles. The van der Waals surface area contributed by atoms with Gasteiger partial charge in [0.15, 0.2) is 5.78 Å². The summed E-state index contributed by atoms with van der Waals surface area (Å²) in [6.45, 7) is 0. The van der Waals surface area contributed by atoms with E-state index >= 15 is 0 Å². The van der Waals surface area contributed by atoms with Crippen LogP contribution < -0.4 is 4.74 Å². The molecule has 1 aliphatic rings. The maximum absolute atomic E-state index is 12.1. The van der Waals surface area contributed by atoms with E-state index in [2.05, 4.69) is 0 Å². The Morgan fingerprint density at radius 2 is 1.78 bits per heavy atom. The van der Waals surface area contributed by atoms with Crippen LogP contribution >= 0.6 is 11.6 Å². The van der Waals surface area contributed by atoms with Crippen LogP contribution in [-0.4, -0.2) is 5.78 Å². The summed E-state index contributed by atoms with van der Waals surface area (Å²) in [7, 11) is 0. The van der Waals surface area contributed by atoms with Crippen molar-refractivity contribution in [2.24, 2.45) is 0 Å². The zero-order chi connectivity index (χ0) is 12.5. The van der Waals surface area contributed by atoms with Crippen molar-refractivity contribution in [3.8, 4) is 5.75 Å². The molecule has 2 aromatic rings. The van der Waals surface area contributed by atoms with E-state index in [1.807, 2.05) is 42.5 Å². The fourth-order valence-electron chi connectivity index (χ4n) is 2.18. The van der Waals surface area contributed by atoms with Crippen molar-refractivity contribution in [2.45, 2.75) is 12.5 Å². The Balaban J connectivity index is 2.00. The highest BCUT2D eigenvalue weighted by Crippen LogP contribution is 2.36. The van der Waals surface area contributed by atoms with Crippen molar-refractivity contribution in [2.75, 3.05) is 0 Å². The van der Waals surface area contributed by atoms with Crippen LogP contribution in [0.15, 0.2) is 48.5 Å². The van der Waals surface area contributed by atoms with E-state index in [1.165, 1.54) is 0 Å². The SMILES string of the molecule is O=C1C[C@H](c2ccccc2Cl)Oc2ccccc21. The molecule has 3 rings (SSSR count). The van der Waals surface area contributed by atoms with Gasteiger partial charge >= 0.3 is 0 Å². The van der Waals surface area contributed by atoms with Gasteiger partial charge in [0, 0.05) is 10.6 Å². The molecule has 0 aliphatic carbocycles. The standard InChI is InChI=1S/C15H11ClO2/c16-12-7-3-1-5-10(12)15-9-13(17)11-6-2-4-8-14(11)18-15/h1-8,15H,9H2/t15-/m1/s1. The molecule has 90 valence electrons. The van der Waals surface area contributed by atoms with E-state index in [4.69, 9.17) is 16.3 Å². The van der Waals surface area contributed by atoms with Crippen LogP contribution in [0.2, 0.25) is 5.02 Å². The minimum Gasteiger partial charge on any atom is -0.484 e. The predicted molar refractivity (Wildman–Crippen MR) is 70.2 cm³/mol. The number of hydrogen-bond acceptors (Lipinski definition) is 2. The van der Waals surface area contributed by atoms with Gasteiger partial charge in [-0.3, -0.25) is 4.79 Å². The van der Waals surface area contributed by atoms with Crippen LogP contribution in [-0.2, 0) is 0 Å². The summed E-state index contributed by atoms with van der Waals surface area (Å²) in [5.41, 5.74) is 1.52. The third kappa shape index (κ3) is 1.89. The minimum absolute atomic E-state index is 0.0989. The van der Waals surface area contributed by atoms with E-state index in [0.29, 0.717) is 22.8 Å². The Hall–Kier alpha value is -1.80. The van der Waals surface area contributed by atoms with Crippen molar-refractivity contribution in [1.82, 2.24) is 0 Å². The molecule has 1 aliphatic heterocycles. The van der Waals surface area contributed by atoms with E-state index in [0.717, 1.165) is 5.56 Å². The first-order chi connectivity index (χ1) is 8.75. The number of para-hydroxylation sites is 1. The van der Waals surface area contributed by atoms with Gasteiger partial charge in [0.05, 0.1) is 12.0 Å². The molecular weight excluding hydrogens is 248 g/mol. The maximum Gasteiger partial charge on any atom is 0.170 e. The summed E-state index contributed by atoms with van der Waals surface area (Å²) in [5.74, 6) is 0.737. The minimum atomic E-state index is -0.291. The average Bonchev–Trinajstić information content (AvgIpc) is 2.39. The van der Waals surface area contributed by atoms with Crippen molar-refractivity contribution >= 4 is 17.4 Å². The third-order valence-electron chi connectivity index (χ3n) is 3.08. The molecule has 1 heterocycles. The molecule has 0 unspecified atom stereocenters. The number of fused-ring (bicyclic) bond motifs is 1. The number of benzene rings is 2. The largest absolute Gasteiger partial charge is 0.484 e. The van der Waals surface area contributed by atoms with Crippen LogP contribution in [0.3, 0.4) is 0 Å². The Labute approximate surface area is 110 Å². The molecule has 0 bridgehead atoms. The Morgan fingerprint density at radius 1 is 1.06 bits per heavy atom. The van der Waals surface area contributed by atoms with Crippen molar-refractivity contribution in [1.29, 1.82) is 0 Å². The topological polar surface area (TPSA) is 26.3 Å². The van der Waals surface area contributed by atoms with Crippen LogP contribution in [0, 0.1) is 0 Å². The van der Waals surface area contributed by atoms with Gasteiger partial charge in [-0.2, -0.15) is 0 Å². The molecule has 0 saturated carbocycles. The third-order valence-corrected chi connectivity index (χ3v) is 3.42. The second kappa shape index (κ2) is 4.46. The van der Waals surface area contributed by atoms with Crippen molar-refractivity contribution < 1.29 is 9.53 Å². The molecule has 1 atom stereocenters. The molecule has 0 saturated heterocycles. The van der Waals surface area contributed by atoms with Crippen LogP contribution in [0.5, 0.6) is 5.75 Å². The van der Waals surface area contributed by atoms with Crippen LogP contribution in [0.1, 0.15) is 28.4 Å². The fraction of sp³-hybridized carbons (Fsp3) is 0.133. The zero-order valence-corrected chi connectivity index (χ0v) is 10.4. The maximum atomic E-state index is 12.1. The summed E-state index contributed by atoms with van der Waals surface area (Å²) in [5, 5.41) is 0.634. The summed E-state index contributed by atoms with van der Waals surface area (Å²) in [4.78, 5) is 12.1. The zero-order valence-electron chi connectivity index (χ0n) is 9.60. The number of halogens is 1. The van der Waals surface area contributed by atoms with Gasteiger partial charge in [0.1, 0.15) is 11.9 Å².